The lowest BCUT2D eigenvalue weighted by Gasteiger charge is -2.26. The van der Waals surface area contributed by atoms with Gasteiger partial charge in [-0.25, -0.2) is 0 Å². The topological polar surface area (TPSA) is 21.3 Å². The van der Waals surface area contributed by atoms with Crippen LogP contribution in [-0.4, -0.2) is 4.57 Å². The van der Waals surface area contributed by atoms with Gasteiger partial charge in [-0.2, -0.15) is 0 Å². The first kappa shape index (κ1) is 33.3. The van der Waals surface area contributed by atoms with Crippen LogP contribution < -0.4 is 4.90 Å². The van der Waals surface area contributed by atoms with Crippen molar-refractivity contribution in [3.8, 4) is 27.9 Å². The van der Waals surface area contributed by atoms with Crippen LogP contribution in [0.1, 0.15) is 0 Å². The van der Waals surface area contributed by atoms with Crippen molar-refractivity contribution in [2.24, 2.45) is 0 Å². The third-order valence-corrected chi connectivity index (χ3v) is 12.0. The number of para-hydroxylation sites is 2. The van der Waals surface area contributed by atoms with Gasteiger partial charge in [-0.05, 0) is 111 Å². The number of fused-ring (bicyclic) bond motifs is 9. The molecule has 0 aliphatic rings. The summed E-state index contributed by atoms with van der Waals surface area (Å²) in [5, 5.41) is 9.50. The highest BCUT2D eigenvalue weighted by Crippen LogP contribution is 2.42. The Morgan fingerprint density at radius 2 is 0.949 bits per heavy atom. The quantitative estimate of drug-likeness (QED) is 0.169. The molecule has 10 aromatic carbocycles. The summed E-state index contributed by atoms with van der Waals surface area (Å²) in [5.41, 5.74) is 13.3. The molecule has 0 bridgehead atoms. The fourth-order valence-electron chi connectivity index (χ4n) is 9.20. The summed E-state index contributed by atoms with van der Waals surface area (Å²) >= 11 is 0. The molecular formula is C56H36N2O. The summed E-state index contributed by atoms with van der Waals surface area (Å²) < 4.78 is 8.94. The van der Waals surface area contributed by atoms with Gasteiger partial charge in [0.1, 0.15) is 11.2 Å². The van der Waals surface area contributed by atoms with Crippen molar-refractivity contribution in [3.63, 3.8) is 0 Å². The highest BCUT2D eigenvalue weighted by Gasteiger charge is 2.18. The van der Waals surface area contributed by atoms with Gasteiger partial charge in [0.15, 0.2) is 0 Å². The molecule has 12 aromatic rings. The molecule has 0 unspecified atom stereocenters. The lowest BCUT2D eigenvalue weighted by molar-refractivity contribution is 0.672. The zero-order chi connectivity index (χ0) is 38.9. The molecule has 0 radical (unpaired) electrons. The first-order valence-electron chi connectivity index (χ1n) is 20.2. The van der Waals surface area contributed by atoms with Crippen molar-refractivity contribution in [3.05, 3.63) is 218 Å². The third-order valence-electron chi connectivity index (χ3n) is 12.0. The molecule has 0 spiro atoms. The van der Waals surface area contributed by atoms with E-state index in [9.17, 15) is 0 Å². The Balaban J connectivity index is 0.994. The lowest BCUT2D eigenvalue weighted by atomic mass is 9.97. The zero-order valence-corrected chi connectivity index (χ0v) is 32.1. The molecule has 276 valence electrons. The molecule has 0 atom stereocenters. The number of hydrogen-bond donors (Lipinski definition) is 0. The molecule has 0 aliphatic heterocycles. The highest BCUT2D eigenvalue weighted by molar-refractivity contribution is 6.16. The summed E-state index contributed by atoms with van der Waals surface area (Å²) in [6.45, 7) is 0. The Morgan fingerprint density at radius 3 is 1.75 bits per heavy atom. The molecule has 0 amide bonds. The third kappa shape index (κ3) is 5.44. The zero-order valence-electron chi connectivity index (χ0n) is 32.1. The Bertz CT molecular complexity index is 3510. The van der Waals surface area contributed by atoms with E-state index in [0.717, 1.165) is 55.6 Å². The van der Waals surface area contributed by atoms with Crippen LogP contribution in [0.25, 0.3) is 93.2 Å². The number of anilines is 3. The van der Waals surface area contributed by atoms with Crippen molar-refractivity contribution in [2.75, 3.05) is 4.90 Å². The minimum absolute atomic E-state index is 0.878. The standard InChI is InChI=1S/C56H36N2O/c1-3-19-46-38(12-1)14-11-23-47(46)41-16-10-17-43(35-41)57(45-31-33-55-52(36-45)51-32-28-39-13-2-4-20-48(39)56(51)59-55)42-29-26-37(27-30-42)40-15-9-18-44(34-40)58-53-24-7-5-21-49(53)50-22-6-8-25-54(50)58/h1-36H. The molecular weight excluding hydrogens is 717 g/mol. The minimum atomic E-state index is 0.878. The van der Waals surface area contributed by atoms with Gasteiger partial charge in [0, 0.05) is 49.7 Å². The van der Waals surface area contributed by atoms with Gasteiger partial charge in [0.05, 0.1) is 11.0 Å². The SMILES string of the molecule is c1cc(-c2cccc3ccccc23)cc(N(c2ccc(-c3cccc(-n4c5ccccc5c5ccccc54)c3)cc2)c2ccc3oc4c5ccccc5ccc4c3c2)c1. The van der Waals surface area contributed by atoms with Gasteiger partial charge in [-0.1, -0.05) is 146 Å². The smallest absolute Gasteiger partial charge is 0.143 e. The Morgan fingerprint density at radius 1 is 0.339 bits per heavy atom. The molecule has 12 rings (SSSR count). The van der Waals surface area contributed by atoms with Crippen LogP contribution in [0.3, 0.4) is 0 Å². The van der Waals surface area contributed by atoms with Crippen LogP contribution in [0.15, 0.2) is 223 Å². The van der Waals surface area contributed by atoms with Gasteiger partial charge in [-0.3, -0.25) is 0 Å². The number of benzene rings is 10. The predicted octanol–water partition coefficient (Wildman–Crippen LogP) is 15.8. The average Bonchev–Trinajstić information content (AvgIpc) is 3.85. The van der Waals surface area contributed by atoms with Gasteiger partial charge in [-0.15, -0.1) is 0 Å². The van der Waals surface area contributed by atoms with E-state index in [2.05, 4.69) is 228 Å². The van der Waals surface area contributed by atoms with Gasteiger partial charge in [0.2, 0.25) is 0 Å². The monoisotopic (exact) mass is 752 g/mol. The number of rotatable bonds is 6. The highest BCUT2D eigenvalue weighted by atomic mass is 16.3. The maximum atomic E-state index is 6.56. The van der Waals surface area contributed by atoms with Crippen LogP contribution >= 0.6 is 0 Å². The summed E-state index contributed by atoms with van der Waals surface area (Å²) in [5.74, 6) is 0. The second-order valence-corrected chi connectivity index (χ2v) is 15.3. The Labute approximate surface area is 341 Å². The van der Waals surface area contributed by atoms with Crippen molar-refractivity contribution in [1.29, 1.82) is 0 Å². The molecule has 0 aliphatic carbocycles. The fourth-order valence-corrected chi connectivity index (χ4v) is 9.20. The lowest BCUT2D eigenvalue weighted by Crippen LogP contribution is -2.10. The molecule has 2 aromatic heterocycles. The largest absolute Gasteiger partial charge is 0.455 e. The predicted molar refractivity (Wildman–Crippen MR) is 249 cm³/mol. The summed E-state index contributed by atoms with van der Waals surface area (Å²) in [4.78, 5) is 2.37. The fraction of sp³-hybridized carbons (Fsp3) is 0. The Hall–Kier alpha value is -7.88. The number of furan rings is 1. The first-order chi connectivity index (χ1) is 29.2. The normalized spacial score (nSPS) is 11.7. The Kier molecular flexibility index (Phi) is 7.54. The van der Waals surface area contributed by atoms with Crippen molar-refractivity contribution >= 4 is 82.4 Å². The maximum absolute atomic E-state index is 6.56. The van der Waals surface area contributed by atoms with Crippen LogP contribution in [0.4, 0.5) is 17.1 Å². The molecule has 0 saturated heterocycles. The maximum Gasteiger partial charge on any atom is 0.143 e. The summed E-state index contributed by atoms with van der Waals surface area (Å²) in [6.07, 6.45) is 0. The minimum Gasteiger partial charge on any atom is -0.455 e. The molecule has 3 heteroatoms. The molecule has 2 heterocycles. The second kappa shape index (κ2) is 13.4. The van der Waals surface area contributed by atoms with E-state index < -0.39 is 0 Å². The van der Waals surface area contributed by atoms with E-state index in [0.29, 0.717) is 0 Å². The van der Waals surface area contributed by atoms with E-state index in [-0.39, 0.29) is 0 Å². The molecule has 3 nitrogen and oxygen atoms in total. The van der Waals surface area contributed by atoms with Gasteiger partial charge < -0.3 is 13.9 Å². The molecule has 0 N–H and O–H groups in total. The molecule has 0 saturated carbocycles. The van der Waals surface area contributed by atoms with Crippen LogP contribution in [0.2, 0.25) is 0 Å². The second-order valence-electron chi connectivity index (χ2n) is 15.3. The van der Waals surface area contributed by atoms with Crippen molar-refractivity contribution in [2.45, 2.75) is 0 Å². The summed E-state index contributed by atoms with van der Waals surface area (Å²) in [6, 6.07) is 78.8. The number of hydrogen-bond acceptors (Lipinski definition) is 2. The van der Waals surface area contributed by atoms with E-state index >= 15 is 0 Å². The van der Waals surface area contributed by atoms with E-state index in [1.807, 2.05) is 0 Å². The molecule has 59 heavy (non-hydrogen) atoms. The van der Waals surface area contributed by atoms with E-state index in [4.69, 9.17) is 4.42 Å². The summed E-state index contributed by atoms with van der Waals surface area (Å²) in [7, 11) is 0. The van der Waals surface area contributed by atoms with Crippen LogP contribution in [0.5, 0.6) is 0 Å². The van der Waals surface area contributed by atoms with E-state index in [1.54, 1.807) is 0 Å². The number of aromatic nitrogens is 1. The first-order valence-corrected chi connectivity index (χ1v) is 20.2. The van der Waals surface area contributed by atoms with Crippen LogP contribution in [-0.2, 0) is 0 Å². The van der Waals surface area contributed by atoms with Crippen molar-refractivity contribution in [1.82, 2.24) is 4.57 Å². The molecule has 0 fully saturated rings. The number of nitrogens with zero attached hydrogens (tertiary/aromatic N) is 2. The van der Waals surface area contributed by atoms with Gasteiger partial charge in [0.25, 0.3) is 0 Å². The van der Waals surface area contributed by atoms with Gasteiger partial charge >= 0.3 is 0 Å². The van der Waals surface area contributed by atoms with Crippen LogP contribution in [0, 0.1) is 0 Å². The average molecular weight is 753 g/mol. The van der Waals surface area contributed by atoms with E-state index in [1.165, 1.54) is 54.7 Å². The van der Waals surface area contributed by atoms with Crippen molar-refractivity contribution < 1.29 is 4.42 Å².